The lowest BCUT2D eigenvalue weighted by Crippen LogP contribution is -2.23. The average molecular weight is 509 g/mol. The van der Waals surface area contributed by atoms with Gasteiger partial charge in [0.05, 0.1) is 33.5 Å². The average Bonchev–Trinajstić information content (AvgIpc) is 3.32. The quantitative estimate of drug-likeness (QED) is 0.258. The lowest BCUT2D eigenvalue weighted by Gasteiger charge is -2.09. The van der Waals surface area contributed by atoms with Crippen LogP contribution in [-0.2, 0) is 0 Å². The van der Waals surface area contributed by atoms with Crippen LogP contribution in [0.3, 0.4) is 0 Å². The molecule has 0 amide bonds. The van der Waals surface area contributed by atoms with Crippen molar-refractivity contribution >= 4 is 45.7 Å². The molecule has 0 aromatic carbocycles. The first-order valence-electron chi connectivity index (χ1n) is 12.1. The van der Waals surface area contributed by atoms with Gasteiger partial charge in [0, 0.05) is 39.8 Å². The topological polar surface area (TPSA) is 82.3 Å². The van der Waals surface area contributed by atoms with Crippen LogP contribution in [0.2, 0.25) is 0 Å². The van der Waals surface area contributed by atoms with E-state index in [1.807, 2.05) is 37.3 Å². The summed E-state index contributed by atoms with van der Waals surface area (Å²) in [4.78, 5) is 13.2. The molecule has 1 fully saturated rings. The Kier molecular flexibility index (Phi) is 5.81. The van der Waals surface area contributed by atoms with E-state index in [2.05, 4.69) is 43.6 Å². The van der Waals surface area contributed by atoms with E-state index < -0.39 is 0 Å². The molecule has 5 aromatic rings. The number of thiophene rings is 1. The molecule has 3 N–H and O–H groups in total. The van der Waals surface area contributed by atoms with Gasteiger partial charge in [-0.15, -0.1) is 11.3 Å². The van der Waals surface area contributed by atoms with E-state index in [4.69, 9.17) is 0 Å². The molecule has 1 saturated carbocycles. The van der Waals surface area contributed by atoms with Crippen molar-refractivity contribution < 1.29 is 4.39 Å². The van der Waals surface area contributed by atoms with E-state index in [1.165, 1.54) is 18.9 Å². The second kappa shape index (κ2) is 9.29. The Morgan fingerprint density at radius 2 is 2.03 bits per heavy atom. The molecule has 5 heterocycles. The summed E-state index contributed by atoms with van der Waals surface area (Å²) in [5, 5.41) is 13.6. The molecule has 5 aromatic heterocycles. The van der Waals surface area contributed by atoms with Crippen molar-refractivity contribution in [3.63, 3.8) is 0 Å². The van der Waals surface area contributed by atoms with E-state index in [0.717, 1.165) is 77.3 Å². The number of rotatable bonds is 7. The van der Waals surface area contributed by atoms with Gasteiger partial charge in [-0.1, -0.05) is 19.2 Å². The number of aromatic nitrogens is 5. The largest absolute Gasteiger partial charge is 0.358 e. The molecular formula is C29H25FN6S. The third-order valence-electron chi connectivity index (χ3n) is 6.53. The fourth-order valence-electron chi connectivity index (χ4n) is 4.42. The zero-order chi connectivity index (χ0) is 25.5. The van der Waals surface area contributed by atoms with Gasteiger partial charge < -0.3 is 10.3 Å². The highest BCUT2D eigenvalue weighted by atomic mass is 32.1. The minimum Gasteiger partial charge on any atom is -0.358 e. The summed E-state index contributed by atoms with van der Waals surface area (Å²) in [5.74, 6) is 0.556. The molecular weight excluding hydrogens is 483 g/mol. The molecule has 0 aliphatic heterocycles. The van der Waals surface area contributed by atoms with E-state index in [-0.39, 0.29) is 5.13 Å². The summed E-state index contributed by atoms with van der Waals surface area (Å²) in [6.45, 7) is 10.4. The smallest absolute Gasteiger partial charge is 0.177 e. The second-order valence-electron chi connectivity index (χ2n) is 9.15. The highest BCUT2D eigenvalue weighted by Gasteiger charge is 2.24. The molecule has 0 spiro atoms. The minimum atomic E-state index is -0.235. The van der Waals surface area contributed by atoms with Gasteiger partial charge in [-0.05, 0) is 67.7 Å². The lowest BCUT2D eigenvalue weighted by atomic mass is 10.1. The van der Waals surface area contributed by atoms with Gasteiger partial charge >= 0.3 is 0 Å². The van der Waals surface area contributed by atoms with Gasteiger partial charge in [-0.25, -0.2) is 0 Å². The van der Waals surface area contributed by atoms with Crippen molar-refractivity contribution in [1.82, 2.24) is 25.1 Å². The number of halogens is 1. The third-order valence-corrected chi connectivity index (χ3v) is 7.42. The fraction of sp³-hybridized carbons (Fsp3) is 0.138. The van der Waals surface area contributed by atoms with Gasteiger partial charge in [-0.2, -0.15) is 9.49 Å². The highest BCUT2D eigenvalue weighted by Crippen LogP contribution is 2.36. The van der Waals surface area contributed by atoms with Crippen LogP contribution in [0, 0.1) is 11.0 Å². The summed E-state index contributed by atoms with van der Waals surface area (Å²) in [5.41, 5.74) is 6.90. The van der Waals surface area contributed by atoms with Crippen molar-refractivity contribution in [2.45, 2.75) is 19.8 Å². The molecule has 0 atom stereocenters. The molecule has 8 heteroatoms. The van der Waals surface area contributed by atoms with Crippen molar-refractivity contribution in [3.05, 3.63) is 89.0 Å². The number of H-pyrrole nitrogens is 2. The Hall–Kier alpha value is -4.30. The molecule has 0 radical (unpaired) electrons. The van der Waals surface area contributed by atoms with Crippen LogP contribution in [0.1, 0.15) is 25.3 Å². The number of allylic oxidation sites excluding steroid dienone is 2. The Bertz CT molecular complexity index is 1790. The summed E-state index contributed by atoms with van der Waals surface area (Å²) < 4.78 is 13.7. The highest BCUT2D eigenvalue weighted by molar-refractivity contribution is 7.13. The predicted molar refractivity (Wildman–Crippen MR) is 150 cm³/mol. The standard InChI is InChI=1S/C29H25FN6S/c1-4-23-21(11-16(2)19-12-20(15-31-14-19)33-17(3)18-5-6-18)28(36-35-23)25-13-22-24(34-25)9-10-32-29(22)26-7-8-27(30)37-26/h4,7-15,18,33-35H,2-3,5-6H2,1H3/b21-11+,23-4+. The zero-order valence-corrected chi connectivity index (χ0v) is 21.1. The van der Waals surface area contributed by atoms with Crippen LogP contribution in [0.4, 0.5) is 10.1 Å². The maximum atomic E-state index is 13.7. The normalized spacial score (nSPS) is 14.4. The fourth-order valence-corrected chi connectivity index (χ4v) is 5.16. The Balaban J connectivity index is 1.40. The van der Waals surface area contributed by atoms with E-state index in [9.17, 15) is 4.39 Å². The second-order valence-corrected chi connectivity index (χ2v) is 10.2. The van der Waals surface area contributed by atoms with Crippen molar-refractivity contribution in [3.8, 4) is 22.0 Å². The number of fused-ring (bicyclic) bond motifs is 1. The van der Waals surface area contributed by atoms with Crippen molar-refractivity contribution in [2.24, 2.45) is 5.92 Å². The predicted octanol–water partition coefficient (Wildman–Crippen LogP) is 5.85. The summed E-state index contributed by atoms with van der Waals surface area (Å²) in [6.07, 6.45) is 11.7. The van der Waals surface area contributed by atoms with Gasteiger partial charge in [0.1, 0.15) is 5.69 Å². The zero-order valence-electron chi connectivity index (χ0n) is 20.3. The molecule has 184 valence electrons. The SMILES string of the molecule is C=C(/C=c1/c(-c2cc3c(-c4ccc(F)s4)nccc3[nH]2)n[nH]/c1=C/C)c1cncc(NC(=C)C2CC2)c1. The first-order chi connectivity index (χ1) is 18.0. The molecule has 0 unspecified atom stereocenters. The van der Waals surface area contributed by atoms with Crippen molar-refractivity contribution in [1.29, 1.82) is 0 Å². The third kappa shape index (κ3) is 4.51. The van der Waals surface area contributed by atoms with Crippen LogP contribution in [-0.4, -0.2) is 25.1 Å². The van der Waals surface area contributed by atoms with Gasteiger partial charge in [0.25, 0.3) is 0 Å². The summed E-state index contributed by atoms with van der Waals surface area (Å²) >= 11 is 1.08. The molecule has 0 saturated heterocycles. The lowest BCUT2D eigenvalue weighted by molar-refractivity contribution is 0.657. The van der Waals surface area contributed by atoms with Crippen LogP contribution < -0.4 is 15.9 Å². The first-order valence-corrected chi connectivity index (χ1v) is 12.9. The monoisotopic (exact) mass is 508 g/mol. The number of nitrogens with one attached hydrogen (secondary N) is 3. The van der Waals surface area contributed by atoms with Crippen molar-refractivity contribution in [2.75, 3.05) is 5.32 Å². The number of aromatic amines is 2. The van der Waals surface area contributed by atoms with Crippen LogP contribution in [0.25, 0.3) is 50.6 Å². The molecule has 1 aliphatic carbocycles. The van der Waals surface area contributed by atoms with Gasteiger partial charge in [0.15, 0.2) is 5.13 Å². The maximum Gasteiger partial charge on any atom is 0.177 e. The van der Waals surface area contributed by atoms with Gasteiger partial charge in [0.2, 0.25) is 0 Å². The molecule has 6 rings (SSSR count). The molecule has 37 heavy (non-hydrogen) atoms. The summed E-state index contributed by atoms with van der Waals surface area (Å²) in [7, 11) is 0. The van der Waals surface area contributed by atoms with E-state index in [0.29, 0.717) is 5.92 Å². The minimum absolute atomic E-state index is 0.235. The van der Waals surface area contributed by atoms with E-state index in [1.54, 1.807) is 24.7 Å². The number of anilines is 1. The first kappa shape index (κ1) is 23.1. The van der Waals surface area contributed by atoms with E-state index >= 15 is 0 Å². The van der Waals surface area contributed by atoms with Gasteiger partial charge in [-0.3, -0.25) is 15.1 Å². The number of nitrogens with zero attached hydrogens (tertiary/aromatic N) is 3. The van der Waals surface area contributed by atoms with Crippen LogP contribution in [0.15, 0.2) is 67.8 Å². The number of hydrogen-bond donors (Lipinski definition) is 3. The Morgan fingerprint density at radius 1 is 1.16 bits per heavy atom. The van der Waals surface area contributed by atoms with Crippen LogP contribution in [0.5, 0.6) is 0 Å². The Labute approximate surface area is 217 Å². The number of hydrogen-bond acceptors (Lipinski definition) is 5. The van der Waals surface area contributed by atoms with Crippen LogP contribution >= 0.6 is 11.3 Å². The Morgan fingerprint density at radius 3 is 2.78 bits per heavy atom. The molecule has 1 aliphatic rings. The molecule has 6 nitrogen and oxygen atoms in total. The maximum absolute atomic E-state index is 13.7. The molecule has 0 bridgehead atoms. The number of pyridine rings is 2. The summed E-state index contributed by atoms with van der Waals surface area (Å²) in [6, 6.07) is 9.18.